The van der Waals surface area contributed by atoms with Crippen LogP contribution in [0.5, 0.6) is 0 Å². The third-order valence-corrected chi connectivity index (χ3v) is 4.06. The summed E-state index contributed by atoms with van der Waals surface area (Å²) in [6, 6.07) is -5.82. The minimum Gasteiger partial charge on any atom is -0.481 e. The van der Waals surface area contributed by atoms with Crippen molar-refractivity contribution in [2.24, 2.45) is 11.7 Å². The van der Waals surface area contributed by atoms with E-state index >= 15 is 0 Å². The highest BCUT2D eigenvalue weighted by molar-refractivity contribution is 5.95. The van der Waals surface area contributed by atoms with Gasteiger partial charge in [-0.25, -0.2) is 4.79 Å². The van der Waals surface area contributed by atoms with Crippen LogP contribution >= 0.6 is 0 Å². The van der Waals surface area contributed by atoms with Crippen molar-refractivity contribution in [3.8, 4) is 0 Å². The number of carboxylic acid groups (broad SMARTS) is 3. The number of hydrogen-bond donors (Lipinski definition) is 8. The summed E-state index contributed by atoms with van der Waals surface area (Å²) in [5.41, 5.74) is 5.45. The number of nitrogens with two attached hydrogens (primary N) is 1. The van der Waals surface area contributed by atoms with Crippen LogP contribution in [0, 0.1) is 5.92 Å². The molecule has 0 fully saturated rings. The fourth-order valence-electron chi connectivity index (χ4n) is 2.33. The van der Waals surface area contributed by atoms with Crippen molar-refractivity contribution >= 4 is 35.6 Å². The van der Waals surface area contributed by atoms with Gasteiger partial charge in [0.05, 0.1) is 19.1 Å². The summed E-state index contributed by atoms with van der Waals surface area (Å²) < 4.78 is 0. The molecule has 0 bridgehead atoms. The summed E-state index contributed by atoms with van der Waals surface area (Å²) in [6.45, 7) is 2.18. The molecule has 0 spiro atoms. The number of aliphatic carboxylic acids is 3. The molecule has 0 heterocycles. The Hall–Kier alpha value is -3.26. The number of carboxylic acids is 3. The fraction of sp³-hybridized carbons (Fsp3) is 0.647. The lowest BCUT2D eigenvalue weighted by Crippen LogP contribution is -2.59. The summed E-state index contributed by atoms with van der Waals surface area (Å²) in [5, 5.41) is 42.3. The van der Waals surface area contributed by atoms with Crippen LogP contribution in [-0.2, 0) is 28.8 Å². The quantitative estimate of drug-likeness (QED) is 0.132. The molecule has 0 saturated heterocycles. The third kappa shape index (κ3) is 10.4. The zero-order chi connectivity index (χ0) is 24.3. The van der Waals surface area contributed by atoms with Crippen molar-refractivity contribution in [1.82, 2.24) is 16.0 Å². The van der Waals surface area contributed by atoms with Gasteiger partial charge in [-0.15, -0.1) is 0 Å². The van der Waals surface area contributed by atoms with Gasteiger partial charge in [-0.2, -0.15) is 0 Å². The van der Waals surface area contributed by atoms with Gasteiger partial charge in [-0.05, 0) is 12.3 Å². The van der Waals surface area contributed by atoms with E-state index in [1.165, 1.54) is 0 Å². The first-order valence-electron chi connectivity index (χ1n) is 9.24. The first-order valence-corrected chi connectivity index (χ1v) is 9.24. The zero-order valence-electron chi connectivity index (χ0n) is 17.0. The number of rotatable bonds is 14. The number of hydrogen-bond acceptors (Lipinski definition) is 8. The molecular weight excluding hydrogens is 420 g/mol. The molecule has 4 unspecified atom stereocenters. The highest BCUT2D eigenvalue weighted by Crippen LogP contribution is 2.05. The lowest BCUT2D eigenvalue weighted by Gasteiger charge is -2.26. The summed E-state index contributed by atoms with van der Waals surface area (Å²) in [5.74, 6) is -7.52. The number of carbonyl (C=O) groups excluding carboxylic acids is 3. The maximum absolute atomic E-state index is 12.5. The minimum atomic E-state index is -1.59. The highest BCUT2D eigenvalue weighted by Gasteiger charge is 2.31. The number of aliphatic hydroxyl groups is 1. The second-order valence-electron chi connectivity index (χ2n) is 7.01. The molecule has 0 aromatic carbocycles. The Labute approximate surface area is 177 Å². The summed E-state index contributed by atoms with van der Waals surface area (Å²) in [7, 11) is 0. The largest absolute Gasteiger partial charge is 0.481 e. The van der Waals surface area contributed by atoms with E-state index in [2.05, 4.69) is 10.6 Å². The van der Waals surface area contributed by atoms with Crippen LogP contribution in [-0.4, -0.2) is 86.8 Å². The van der Waals surface area contributed by atoms with Gasteiger partial charge in [-0.1, -0.05) is 13.8 Å². The van der Waals surface area contributed by atoms with Gasteiger partial charge in [0.1, 0.15) is 18.1 Å². The van der Waals surface area contributed by atoms with E-state index in [4.69, 9.17) is 21.1 Å². The maximum atomic E-state index is 12.5. The van der Waals surface area contributed by atoms with E-state index in [-0.39, 0.29) is 0 Å². The molecule has 4 atom stereocenters. The molecule has 0 radical (unpaired) electrons. The van der Waals surface area contributed by atoms with Crippen LogP contribution in [0.15, 0.2) is 0 Å². The summed E-state index contributed by atoms with van der Waals surface area (Å²) in [6.07, 6.45) is -1.63. The second-order valence-corrected chi connectivity index (χ2v) is 7.01. The van der Waals surface area contributed by atoms with Gasteiger partial charge in [0.2, 0.25) is 17.7 Å². The van der Waals surface area contributed by atoms with Gasteiger partial charge in [0.15, 0.2) is 0 Å². The molecule has 0 aromatic rings. The predicted octanol–water partition coefficient (Wildman–Crippen LogP) is -3.16. The van der Waals surface area contributed by atoms with Gasteiger partial charge in [0.25, 0.3) is 0 Å². The number of amides is 3. The number of nitrogens with one attached hydrogen (secondary N) is 3. The molecule has 0 saturated carbocycles. The molecular formula is C17H28N4O10. The Morgan fingerprint density at radius 2 is 1.35 bits per heavy atom. The lowest BCUT2D eigenvalue weighted by molar-refractivity contribution is -0.143. The van der Waals surface area contributed by atoms with E-state index in [0.717, 1.165) is 0 Å². The van der Waals surface area contributed by atoms with Crippen molar-refractivity contribution in [1.29, 1.82) is 0 Å². The van der Waals surface area contributed by atoms with Gasteiger partial charge >= 0.3 is 17.9 Å². The molecule has 14 heteroatoms. The average Bonchev–Trinajstić information content (AvgIpc) is 2.65. The molecule has 0 aromatic heterocycles. The van der Waals surface area contributed by atoms with Crippen molar-refractivity contribution in [3.63, 3.8) is 0 Å². The van der Waals surface area contributed by atoms with Crippen molar-refractivity contribution in [3.05, 3.63) is 0 Å². The topological polar surface area (TPSA) is 245 Å². The van der Waals surface area contributed by atoms with Crippen LogP contribution in [0.1, 0.15) is 33.1 Å². The van der Waals surface area contributed by atoms with Gasteiger partial charge in [0, 0.05) is 6.42 Å². The van der Waals surface area contributed by atoms with E-state index in [1.54, 1.807) is 13.8 Å². The van der Waals surface area contributed by atoms with E-state index in [1.807, 2.05) is 5.32 Å². The molecule has 9 N–H and O–H groups in total. The van der Waals surface area contributed by atoms with Crippen LogP contribution < -0.4 is 21.7 Å². The number of carbonyl (C=O) groups is 6. The van der Waals surface area contributed by atoms with Crippen molar-refractivity contribution in [2.45, 2.75) is 57.3 Å². The monoisotopic (exact) mass is 448 g/mol. The summed E-state index contributed by atoms with van der Waals surface area (Å²) >= 11 is 0. The van der Waals surface area contributed by atoms with Crippen molar-refractivity contribution in [2.75, 3.05) is 6.61 Å². The maximum Gasteiger partial charge on any atom is 0.326 e. The molecule has 0 rings (SSSR count). The Morgan fingerprint density at radius 1 is 0.806 bits per heavy atom. The Kier molecular flexibility index (Phi) is 11.7. The SMILES string of the molecule is CC(C)C(NC(=O)C(N)CC(=O)O)C(=O)NC(CO)C(=O)NC(CCC(=O)O)C(=O)O. The van der Waals surface area contributed by atoms with E-state index in [0.29, 0.717) is 0 Å². The molecule has 0 aliphatic rings. The van der Waals surface area contributed by atoms with E-state index in [9.17, 15) is 33.9 Å². The summed E-state index contributed by atoms with van der Waals surface area (Å²) in [4.78, 5) is 69.2. The molecule has 0 aliphatic heterocycles. The Bertz CT molecular complexity index is 696. The molecule has 176 valence electrons. The lowest BCUT2D eigenvalue weighted by atomic mass is 10.0. The van der Waals surface area contributed by atoms with Gasteiger partial charge in [-0.3, -0.25) is 24.0 Å². The molecule has 14 nitrogen and oxygen atoms in total. The minimum absolute atomic E-state index is 0.422. The molecule has 3 amide bonds. The third-order valence-electron chi connectivity index (χ3n) is 4.06. The predicted molar refractivity (Wildman–Crippen MR) is 102 cm³/mol. The zero-order valence-corrected chi connectivity index (χ0v) is 17.0. The Morgan fingerprint density at radius 3 is 1.77 bits per heavy atom. The van der Waals surface area contributed by atoms with E-state index < -0.39 is 91.6 Å². The fourth-order valence-corrected chi connectivity index (χ4v) is 2.33. The standard InChI is InChI=1S/C17H28N4O10/c1-7(2)13(21-14(27)8(18)5-12(25)26)16(29)20-10(6-22)15(28)19-9(17(30)31)3-4-11(23)24/h7-10,13,22H,3-6,18H2,1-2H3,(H,19,28)(H,20,29)(H,21,27)(H,23,24)(H,25,26)(H,30,31). The van der Waals surface area contributed by atoms with Gasteiger partial charge < -0.3 is 42.1 Å². The number of aliphatic hydroxyl groups excluding tert-OH is 1. The normalized spacial score (nSPS) is 14.6. The Balaban J connectivity index is 5.17. The smallest absolute Gasteiger partial charge is 0.326 e. The van der Waals surface area contributed by atoms with Crippen LogP contribution in [0.25, 0.3) is 0 Å². The first-order chi connectivity index (χ1) is 14.3. The van der Waals surface area contributed by atoms with Crippen LogP contribution in [0.2, 0.25) is 0 Å². The first kappa shape index (κ1) is 27.7. The van der Waals surface area contributed by atoms with Crippen molar-refractivity contribution < 1.29 is 49.2 Å². The average molecular weight is 448 g/mol. The van der Waals surface area contributed by atoms with Crippen LogP contribution in [0.3, 0.4) is 0 Å². The molecule has 0 aliphatic carbocycles. The second kappa shape index (κ2) is 13.1. The molecule has 31 heavy (non-hydrogen) atoms. The highest BCUT2D eigenvalue weighted by atomic mass is 16.4. The van der Waals surface area contributed by atoms with Crippen LogP contribution in [0.4, 0.5) is 0 Å².